The van der Waals surface area contributed by atoms with Gasteiger partial charge in [0.15, 0.2) is 0 Å². The molecule has 1 aromatic rings. The number of hydrogen-bond donors (Lipinski definition) is 2. The van der Waals surface area contributed by atoms with Crippen molar-refractivity contribution >= 4 is 10.0 Å². The Kier molecular flexibility index (Phi) is 4.82. The van der Waals surface area contributed by atoms with E-state index in [1.165, 1.54) is 0 Å². The van der Waals surface area contributed by atoms with Crippen molar-refractivity contribution in [2.45, 2.75) is 63.4 Å². The lowest BCUT2D eigenvalue weighted by molar-refractivity contribution is 0.548. The van der Waals surface area contributed by atoms with Crippen LogP contribution in [0.5, 0.6) is 0 Å². The maximum atomic E-state index is 12.5. The van der Waals surface area contributed by atoms with Crippen molar-refractivity contribution in [3.05, 3.63) is 11.4 Å². The third-order valence-corrected chi connectivity index (χ3v) is 5.61. The summed E-state index contributed by atoms with van der Waals surface area (Å²) < 4.78 is 29.6. The Labute approximate surface area is 120 Å². The van der Waals surface area contributed by atoms with Crippen LogP contribution >= 0.6 is 0 Å². The minimum absolute atomic E-state index is 0.0752. The van der Waals surface area contributed by atoms with Gasteiger partial charge in [-0.1, -0.05) is 12.8 Å². The molecule has 0 aromatic carbocycles. The molecule has 1 saturated carbocycles. The number of sulfonamides is 1. The fourth-order valence-corrected chi connectivity index (χ4v) is 4.57. The first-order valence-electron chi connectivity index (χ1n) is 7.22. The Morgan fingerprint density at radius 1 is 1.35 bits per heavy atom. The van der Waals surface area contributed by atoms with Gasteiger partial charge in [0.2, 0.25) is 10.0 Å². The van der Waals surface area contributed by atoms with Crippen molar-refractivity contribution in [2.75, 3.05) is 6.54 Å². The SMILES string of the molecule is Cc1nn(CCCN)c(C)c1S(=O)(=O)NC1CCCC1. The highest BCUT2D eigenvalue weighted by Crippen LogP contribution is 2.23. The molecule has 0 spiro atoms. The standard InChI is InChI=1S/C13H24N4O2S/c1-10-13(11(2)17(15-10)9-5-8-14)20(18,19)16-12-6-3-4-7-12/h12,16H,3-9,14H2,1-2H3. The predicted octanol–water partition coefficient (Wildman–Crippen LogP) is 1.07. The summed E-state index contributed by atoms with van der Waals surface area (Å²) in [7, 11) is -3.47. The van der Waals surface area contributed by atoms with Gasteiger partial charge in [-0.2, -0.15) is 5.10 Å². The van der Waals surface area contributed by atoms with Crippen molar-refractivity contribution in [3.63, 3.8) is 0 Å². The molecule has 0 bridgehead atoms. The van der Waals surface area contributed by atoms with E-state index in [0.717, 1.165) is 32.1 Å². The average Bonchev–Trinajstić information content (AvgIpc) is 2.94. The van der Waals surface area contributed by atoms with Crippen LogP contribution in [-0.4, -0.2) is 30.8 Å². The predicted molar refractivity (Wildman–Crippen MR) is 77.9 cm³/mol. The highest BCUT2D eigenvalue weighted by molar-refractivity contribution is 7.89. The van der Waals surface area contributed by atoms with Crippen molar-refractivity contribution in [1.29, 1.82) is 0 Å². The number of nitrogens with one attached hydrogen (secondary N) is 1. The van der Waals surface area contributed by atoms with Gasteiger partial charge in [0.05, 0.1) is 11.4 Å². The zero-order valence-electron chi connectivity index (χ0n) is 12.2. The Morgan fingerprint density at radius 2 is 2.00 bits per heavy atom. The van der Waals surface area contributed by atoms with E-state index in [0.29, 0.717) is 29.4 Å². The highest BCUT2D eigenvalue weighted by Gasteiger charge is 2.28. The molecule has 7 heteroatoms. The summed E-state index contributed by atoms with van der Waals surface area (Å²) in [6.45, 7) is 4.78. The van der Waals surface area contributed by atoms with Gasteiger partial charge < -0.3 is 5.73 Å². The lowest BCUT2D eigenvalue weighted by Crippen LogP contribution is -2.33. The van der Waals surface area contributed by atoms with Crippen molar-refractivity contribution < 1.29 is 8.42 Å². The minimum atomic E-state index is -3.47. The van der Waals surface area contributed by atoms with Crippen LogP contribution in [0, 0.1) is 13.8 Å². The van der Waals surface area contributed by atoms with Crippen molar-refractivity contribution in [2.24, 2.45) is 5.73 Å². The second-order valence-electron chi connectivity index (χ2n) is 5.47. The van der Waals surface area contributed by atoms with E-state index in [1.807, 2.05) is 0 Å². The van der Waals surface area contributed by atoms with Crippen LogP contribution in [-0.2, 0) is 16.6 Å². The average molecular weight is 300 g/mol. The van der Waals surface area contributed by atoms with Crippen LogP contribution in [0.2, 0.25) is 0 Å². The van der Waals surface area contributed by atoms with E-state index in [2.05, 4.69) is 9.82 Å². The third kappa shape index (κ3) is 3.21. The summed E-state index contributed by atoms with van der Waals surface area (Å²) in [4.78, 5) is 0.335. The number of aryl methyl sites for hydroxylation is 2. The highest BCUT2D eigenvalue weighted by atomic mass is 32.2. The normalized spacial score (nSPS) is 16.9. The lowest BCUT2D eigenvalue weighted by atomic mass is 10.3. The van der Waals surface area contributed by atoms with Gasteiger partial charge in [0, 0.05) is 12.6 Å². The van der Waals surface area contributed by atoms with Crippen LogP contribution in [0.15, 0.2) is 4.90 Å². The minimum Gasteiger partial charge on any atom is -0.330 e. The topological polar surface area (TPSA) is 90.0 Å². The van der Waals surface area contributed by atoms with Gasteiger partial charge >= 0.3 is 0 Å². The van der Waals surface area contributed by atoms with E-state index >= 15 is 0 Å². The lowest BCUT2D eigenvalue weighted by Gasteiger charge is -2.13. The summed E-state index contributed by atoms with van der Waals surface area (Å²) in [5.41, 5.74) is 6.75. The second-order valence-corrected chi connectivity index (χ2v) is 7.12. The molecule has 1 aliphatic rings. The summed E-state index contributed by atoms with van der Waals surface area (Å²) in [6, 6.07) is 0.0752. The maximum Gasteiger partial charge on any atom is 0.244 e. The zero-order chi connectivity index (χ0) is 14.8. The van der Waals surface area contributed by atoms with Gasteiger partial charge in [-0.3, -0.25) is 4.68 Å². The van der Waals surface area contributed by atoms with Gasteiger partial charge in [-0.05, 0) is 39.7 Å². The van der Waals surface area contributed by atoms with Gasteiger partial charge in [0.25, 0.3) is 0 Å². The van der Waals surface area contributed by atoms with Gasteiger partial charge in [0.1, 0.15) is 4.90 Å². The number of nitrogens with two attached hydrogens (primary N) is 1. The molecule has 0 radical (unpaired) electrons. The first-order valence-corrected chi connectivity index (χ1v) is 8.70. The molecule has 1 aliphatic carbocycles. The maximum absolute atomic E-state index is 12.5. The summed E-state index contributed by atoms with van der Waals surface area (Å²) >= 11 is 0. The van der Waals surface area contributed by atoms with Crippen LogP contribution in [0.3, 0.4) is 0 Å². The fraction of sp³-hybridized carbons (Fsp3) is 0.769. The molecule has 1 fully saturated rings. The molecule has 1 heterocycles. The molecule has 0 unspecified atom stereocenters. The third-order valence-electron chi connectivity index (χ3n) is 3.83. The molecular weight excluding hydrogens is 276 g/mol. The summed E-state index contributed by atoms with van der Waals surface area (Å²) in [5, 5.41) is 4.33. The smallest absolute Gasteiger partial charge is 0.244 e. The monoisotopic (exact) mass is 300 g/mol. The Balaban J connectivity index is 2.24. The van der Waals surface area contributed by atoms with Crippen LogP contribution in [0.1, 0.15) is 43.5 Å². The fourth-order valence-electron chi connectivity index (χ4n) is 2.85. The molecule has 0 amide bonds. The molecule has 0 saturated heterocycles. The quantitative estimate of drug-likeness (QED) is 0.822. The molecule has 0 aliphatic heterocycles. The van der Waals surface area contributed by atoms with Crippen molar-refractivity contribution in [1.82, 2.24) is 14.5 Å². The molecular formula is C13H24N4O2S. The molecule has 2 rings (SSSR count). The van der Waals surface area contributed by atoms with Crippen LogP contribution in [0.4, 0.5) is 0 Å². The Hall–Kier alpha value is -0.920. The Morgan fingerprint density at radius 3 is 2.60 bits per heavy atom. The number of nitrogens with zero attached hydrogens (tertiary/aromatic N) is 2. The van der Waals surface area contributed by atoms with Gasteiger partial charge in [-0.25, -0.2) is 13.1 Å². The van der Waals surface area contributed by atoms with E-state index in [1.54, 1.807) is 18.5 Å². The van der Waals surface area contributed by atoms with E-state index in [-0.39, 0.29) is 6.04 Å². The van der Waals surface area contributed by atoms with E-state index in [4.69, 9.17) is 5.73 Å². The molecule has 1 aromatic heterocycles. The molecule has 3 N–H and O–H groups in total. The van der Waals surface area contributed by atoms with Crippen LogP contribution in [0.25, 0.3) is 0 Å². The number of hydrogen-bond acceptors (Lipinski definition) is 4. The molecule has 114 valence electrons. The first kappa shape index (κ1) is 15.5. The number of rotatable bonds is 6. The molecule has 6 nitrogen and oxygen atoms in total. The van der Waals surface area contributed by atoms with Gasteiger partial charge in [-0.15, -0.1) is 0 Å². The second kappa shape index (κ2) is 6.24. The largest absolute Gasteiger partial charge is 0.330 e. The Bertz CT molecular complexity index is 559. The first-order chi connectivity index (χ1) is 9.45. The zero-order valence-corrected chi connectivity index (χ0v) is 13.0. The van der Waals surface area contributed by atoms with E-state index in [9.17, 15) is 8.42 Å². The molecule has 0 atom stereocenters. The summed E-state index contributed by atoms with van der Waals surface area (Å²) in [5.74, 6) is 0. The number of aromatic nitrogens is 2. The molecule has 20 heavy (non-hydrogen) atoms. The van der Waals surface area contributed by atoms with E-state index < -0.39 is 10.0 Å². The van der Waals surface area contributed by atoms with Crippen molar-refractivity contribution in [3.8, 4) is 0 Å². The van der Waals surface area contributed by atoms with Crippen LogP contribution < -0.4 is 10.5 Å². The summed E-state index contributed by atoms with van der Waals surface area (Å²) in [6.07, 6.45) is 4.84.